The fourth-order valence-electron chi connectivity index (χ4n) is 12.4. The molecular weight excluding hydrogens is 954 g/mol. The largest absolute Gasteiger partial charge is 0.468 e. The molecule has 11 rings (SSSR count). The average molecular weight is 1010 g/mol. The number of carbonyl (C=O) groups excluding carboxylic acids is 1. The van der Waals surface area contributed by atoms with Gasteiger partial charge in [0.05, 0.1) is 51.5 Å². The van der Waals surface area contributed by atoms with Crippen LogP contribution in [0.5, 0.6) is 5.88 Å². The fraction of sp³-hybridized carbons (Fsp3) is 0.500. The van der Waals surface area contributed by atoms with Gasteiger partial charge in [0.25, 0.3) is 21.6 Å². The van der Waals surface area contributed by atoms with Crippen molar-refractivity contribution in [3.63, 3.8) is 0 Å². The maximum atomic E-state index is 14.6. The smallest absolute Gasteiger partial charge is 0.416 e. The number of methoxy groups -OCH3 is 1. The van der Waals surface area contributed by atoms with E-state index in [-0.39, 0.29) is 53.5 Å². The number of ether oxygens (including phenoxy) is 3. The van der Waals surface area contributed by atoms with Crippen molar-refractivity contribution < 1.29 is 45.5 Å². The Morgan fingerprint density at radius 2 is 1.75 bits per heavy atom. The molecule has 1 amide bonds. The standard InChI is InChI=1S/C52H59F3N8O8S/c1-50(69-2)16-13-32(14-17-50)29-57-40-12-10-36(26-43(40)63(65)66)72(67,68)59-48(64)38-11-9-34(25-42(38)62-44-24-33-15-20-56-47(33)58-49(44)71-46-31-70-30-45(46)62)60-22-18-51(19-23-60)27-35(28-51)61-21-5-8-41(61)37-6-3-4-7-39(37)52(53,54)55/h3-4,6-7,9-12,15,20,24-26,32,35,41,45-46,57H,5,8,13-14,16-19,21-23,27-31H2,1-2H3,(H,56,58)(H,59,64)/t32?,41-,45-,46-,50?/m0/s1. The van der Waals surface area contributed by atoms with E-state index in [0.717, 1.165) is 81.5 Å². The van der Waals surface area contributed by atoms with Crippen molar-refractivity contribution in [2.75, 3.05) is 61.6 Å². The van der Waals surface area contributed by atoms with Crippen LogP contribution in [0.2, 0.25) is 0 Å². The molecule has 0 unspecified atom stereocenters. The molecule has 6 heterocycles. The third-order valence-electron chi connectivity index (χ3n) is 16.7. The molecule has 5 aromatic rings. The second-order valence-electron chi connectivity index (χ2n) is 20.9. The molecule has 2 aromatic heterocycles. The number of piperidine rings is 1. The number of nitro groups is 1. The summed E-state index contributed by atoms with van der Waals surface area (Å²) in [4.78, 5) is 40.3. The topological polar surface area (TPSA) is 184 Å². The Kier molecular flexibility index (Phi) is 12.4. The zero-order valence-corrected chi connectivity index (χ0v) is 41.1. The van der Waals surface area contributed by atoms with E-state index in [9.17, 15) is 36.5 Å². The highest BCUT2D eigenvalue weighted by molar-refractivity contribution is 7.90. The number of carbonyl (C=O) groups is 1. The summed E-state index contributed by atoms with van der Waals surface area (Å²) < 4.78 is 90.8. The number of fused-ring (bicyclic) bond motifs is 3. The number of amides is 1. The summed E-state index contributed by atoms with van der Waals surface area (Å²) in [6.45, 7) is 5.23. The number of halogens is 3. The first-order valence-electron chi connectivity index (χ1n) is 25.0. The number of sulfonamides is 1. The maximum Gasteiger partial charge on any atom is 0.416 e. The number of likely N-dealkylation sites (tertiary alicyclic amines) is 1. The van der Waals surface area contributed by atoms with Gasteiger partial charge in [-0.2, -0.15) is 18.2 Å². The summed E-state index contributed by atoms with van der Waals surface area (Å²) in [7, 11) is -2.95. The Morgan fingerprint density at radius 3 is 2.50 bits per heavy atom. The second-order valence-corrected chi connectivity index (χ2v) is 22.6. The summed E-state index contributed by atoms with van der Waals surface area (Å²) in [5, 5.41) is 16.3. The molecule has 20 heteroatoms. The average Bonchev–Trinajstić information content (AvgIpc) is 4.15. The van der Waals surface area contributed by atoms with Crippen LogP contribution in [0.4, 0.5) is 41.6 Å². The van der Waals surface area contributed by atoms with Gasteiger partial charge in [-0.05, 0) is 143 Å². The van der Waals surface area contributed by atoms with Gasteiger partial charge in [0.15, 0.2) is 0 Å². The molecule has 3 aromatic carbocycles. The molecule has 0 radical (unpaired) electrons. The number of nitro benzene ring substituents is 1. The van der Waals surface area contributed by atoms with Gasteiger partial charge in [-0.15, -0.1) is 0 Å². The number of nitrogens with one attached hydrogen (secondary N) is 3. The van der Waals surface area contributed by atoms with E-state index >= 15 is 0 Å². The zero-order valence-electron chi connectivity index (χ0n) is 40.3. The third kappa shape index (κ3) is 9.01. The summed E-state index contributed by atoms with van der Waals surface area (Å²) in [5.74, 6) is -0.359. The van der Waals surface area contributed by atoms with E-state index in [1.807, 2.05) is 29.2 Å². The number of rotatable bonds is 12. The predicted octanol–water partition coefficient (Wildman–Crippen LogP) is 9.50. The van der Waals surface area contributed by atoms with E-state index in [2.05, 4.69) is 31.7 Å². The van der Waals surface area contributed by atoms with Crippen molar-refractivity contribution in [3.05, 3.63) is 106 Å². The zero-order chi connectivity index (χ0) is 50.2. The van der Waals surface area contributed by atoms with Crippen molar-refractivity contribution in [2.24, 2.45) is 11.3 Å². The van der Waals surface area contributed by atoms with Gasteiger partial charge in [-0.1, -0.05) is 18.2 Å². The van der Waals surface area contributed by atoms with Gasteiger partial charge >= 0.3 is 6.18 Å². The number of H-pyrrole nitrogens is 1. The number of aromatic nitrogens is 2. The predicted molar refractivity (Wildman–Crippen MR) is 264 cm³/mol. The Labute approximate surface area is 415 Å². The van der Waals surface area contributed by atoms with Gasteiger partial charge in [0.2, 0.25) is 5.88 Å². The van der Waals surface area contributed by atoms with E-state index in [0.29, 0.717) is 54.5 Å². The lowest BCUT2D eigenvalue weighted by molar-refractivity contribution is -0.384. The molecule has 3 saturated heterocycles. The van der Waals surface area contributed by atoms with E-state index in [1.165, 1.54) is 24.3 Å². The molecule has 16 nitrogen and oxygen atoms in total. The van der Waals surface area contributed by atoms with Crippen LogP contribution in [0.1, 0.15) is 98.7 Å². The highest BCUT2D eigenvalue weighted by Gasteiger charge is 2.51. The van der Waals surface area contributed by atoms with E-state index < -0.39 is 55.3 Å². The number of anilines is 4. The van der Waals surface area contributed by atoms with Crippen molar-refractivity contribution in [1.29, 1.82) is 0 Å². The molecule has 0 bridgehead atoms. The lowest BCUT2D eigenvalue weighted by atomic mass is 9.59. The molecule has 5 fully saturated rings. The second kappa shape index (κ2) is 18.5. The monoisotopic (exact) mass is 1010 g/mol. The van der Waals surface area contributed by atoms with Crippen LogP contribution in [0.3, 0.4) is 0 Å². The molecule has 2 saturated carbocycles. The maximum absolute atomic E-state index is 14.6. The van der Waals surface area contributed by atoms with Gasteiger partial charge in [0.1, 0.15) is 23.1 Å². The highest BCUT2D eigenvalue weighted by atomic mass is 32.2. The quantitative estimate of drug-likeness (QED) is 0.0794. The molecular formula is C52H59F3N8O8S. The highest BCUT2D eigenvalue weighted by Crippen LogP contribution is 2.55. The van der Waals surface area contributed by atoms with Crippen LogP contribution in [0, 0.1) is 21.4 Å². The number of hydrogen-bond acceptors (Lipinski definition) is 13. The SMILES string of the molecule is COC1(C)CCC(CNc2ccc(S(=O)(=O)NC(=O)c3ccc(N4CCC5(CC4)CC(N4CCC[C@H]4c4ccccc4C(F)(F)F)C5)cc3N3c4cc5cc[nH]c5nc4O[C@H]4COC[C@@H]43)cc2[N+](=O)[O-])CC1. The van der Waals surface area contributed by atoms with Crippen molar-refractivity contribution >= 4 is 55.4 Å². The summed E-state index contributed by atoms with van der Waals surface area (Å²) in [5.41, 5.74) is 1.87. The number of alkyl halides is 3. The van der Waals surface area contributed by atoms with Crippen LogP contribution < -0.4 is 24.6 Å². The van der Waals surface area contributed by atoms with E-state index in [4.69, 9.17) is 19.2 Å². The molecule has 1 spiro atoms. The van der Waals surface area contributed by atoms with Gasteiger partial charge < -0.3 is 34.3 Å². The molecule has 2 aliphatic carbocycles. The fourth-order valence-corrected chi connectivity index (χ4v) is 13.4. The van der Waals surface area contributed by atoms with Crippen molar-refractivity contribution in [3.8, 4) is 5.88 Å². The lowest BCUT2D eigenvalue weighted by Crippen LogP contribution is -2.55. The number of nitrogens with zero attached hydrogens (tertiary/aromatic N) is 5. The van der Waals surface area contributed by atoms with Gasteiger partial charge in [-0.25, -0.2) is 13.1 Å². The third-order valence-corrected chi connectivity index (χ3v) is 18.0. The number of aromatic amines is 1. The van der Waals surface area contributed by atoms with E-state index in [1.54, 1.807) is 31.5 Å². The number of pyridine rings is 1. The summed E-state index contributed by atoms with van der Waals surface area (Å²) in [6.07, 6.45) is 5.49. The Balaban J connectivity index is 0.849. The lowest BCUT2D eigenvalue weighted by Gasteiger charge is -2.56. The van der Waals surface area contributed by atoms with Gasteiger partial charge in [0, 0.05) is 62.2 Å². The molecule has 6 aliphatic rings. The molecule has 72 heavy (non-hydrogen) atoms. The van der Waals surface area contributed by atoms with Crippen molar-refractivity contribution in [1.82, 2.24) is 19.6 Å². The number of benzene rings is 3. The summed E-state index contributed by atoms with van der Waals surface area (Å²) >= 11 is 0. The first-order chi connectivity index (χ1) is 34.5. The minimum atomic E-state index is -4.65. The first-order valence-corrected chi connectivity index (χ1v) is 26.5. The summed E-state index contributed by atoms with van der Waals surface area (Å²) in [6, 6.07) is 18.2. The minimum Gasteiger partial charge on any atom is -0.468 e. The van der Waals surface area contributed by atoms with Gasteiger partial charge in [-0.3, -0.25) is 19.8 Å². The molecule has 3 N–H and O–H groups in total. The Morgan fingerprint density at radius 1 is 0.972 bits per heavy atom. The Bertz CT molecular complexity index is 3000. The molecule has 4 aliphatic heterocycles. The minimum absolute atomic E-state index is 0.0439. The Hall–Kier alpha value is -5.96. The van der Waals surface area contributed by atoms with Crippen LogP contribution in [0.25, 0.3) is 11.0 Å². The number of hydrogen-bond donors (Lipinski definition) is 3. The first kappa shape index (κ1) is 48.3. The van der Waals surface area contributed by atoms with Crippen molar-refractivity contribution in [2.45, 2.75) is 112 Å². The molecule has 382 valence electrons. The van der Waals surface area contributed by atoms with Crippen LogP contribution >= 0.6 is 0 Å². The van der Waals surface area contributed by atoms with Crippen LogP contribution in [-0.2, 0) is 25.7 Å². The molecule has 3 atom stereocenters. The van der Waals surface area contributed by atoms with Crippen LogP contribution in [-0.4, -0.2) is 104 Å². The normalized spacial score (nSPS) is 25.5. The van der Waals surface area contributed by atoms with Crippen LogP contribution in [0.15, 0.2) is 83.9 Å².